The summed E-state index contributed by atoms with van der Waals surface area (Å²) in [7, 11) is 0. The summed E-state index contributed by atoms with van der Waals surface area (Å²) in [6.45, 7) is 7.32. The van der Waals surface area contributed by atoms with Crippen molar-refractivity contribution in [3.63, 3.8) is 0 Å². The predicted octanol–water partition coefficient (Wildman–Crippen LogP) is 3.34. The Bertz CT molecular complexity index is 774. The molecule has 30 heavy (non-hydrogen) atoms. The summed E-state index contributed by atoms with van der Waals surface area (Å²) < 4.78 is 11.6. The molecule has 0 aromatic heterocycles. The van der Waals surface area contributed by atoms with Crippen LogP contribution in [0, 0.1) is 5.92 Å². The number of carbonyl (C=O) groups excluding carboxylic acids is 2. The minimum atomic E-state index is -0.0258. The third-order valence-corrected chi connectivity index (χ3v) is 6.24. The van der Waals surface area contributed by atoms with E-state index in [1.165, 1.54) is 0 Å². The van der Waals surface area contributed by atoms with Crippen LogP contribution in [0.5, 0.6) is 11.5 Å². The molecule has 2 fully saturated rings. The maximum atomic E-state index is 13.3. The Morgan fingerprint density at radius 1 is 1.00 bits per heavy atom. The average Bonchev–Trinajstić information content (AvgIpc) is 3.11. The number of urea groups is 1. The van der Waals surface area contributed by atoms with Gasteiger partial charge >= 0.3 is 6.03 Å². The van der Waals surface area contributed by atoms with E-state index in [1.54, 1.807) is 0 Å². The number of carbonyl (C=O) groups is 2. The molecule has 2 saturated heterocycles. The highest BCUT2D eigenvalue weighted by atomic mass is 16.5. The smallest absolute Gasteiger partial charge is 0.317 e. The molecule has 3 aliphatic rings. The third-order valence-electron chi connectivity index (χ3n) is 6.24. The largest absolute Gasteiger partial charge is 0.490 e. The molecule has 1 aromatic rings. The van der Waals surface area contributed by atoms with Crippen LogP contribution in [-0.4, -0.2) is 60.6 Å². The average molecular weight is 416 g/mol. The van der Waals surface area contributed by atoms with Gasteiger partial charge in [-0.05, 0) is 57.2 Å². The van der Waals surface area contributed by atoms with E-state index in [9.17, 15) is 9.59 Å². The maximum Gasteiger partial charge on any atom is 0.317 e. The molecule has 0 bridgehead atoms. The number of fused-ring (bicyclic) bond motifs is 1. The van der Waals surface area contributed by atoms with Gasteiger partial charge in [-0.25, -0.2) is 4.79 Å². The molecule has 3 aliphatic heterocycles. The van der Waals surface area contributed by atoms with Gasteiger partial charge in [0, 0.05) is 38.0 Å². The monoisotopic (exact) mass is 415 g/mol. The molecular formula is C23H33N3O4. The predicted molar refractivity (Wildman–Crippen MR) is 114 cm³/mol. The molecule has 0 radical (unpaired) electrons. The molecule has 164 valence electrons. The van der Waals surface area contributed by atoms with Crippen LogP contribution in [0.4, 0.5) is 4.79 Å². The SMILES string of the molecule is CC(C)NC(=O)N1CCC(C(=O)N2CCC[C@@H]2c2ccc3c(c2)OCCCO3)CC1. The fraction of sp³-hybridized carbons (Fsp3) is 0.652. The molecule has 1 aromatic carbocycles. The number of hydrogen-bond acceptors (Lipinski definition) is 4. The summed E-state index contributed by atoms with van der Waals surface area (Å²) in [6.07, 6.45) is 4.33. The molecule has 0 aliphatic carbocycles. The van der Waals surface area contributed by atoms with Crippen LogP contribution in [0.3, 0.4) is 0 Å². The van der Waals surface area contributed by atoms with Gasteiger partial charge in [0.15, 0.2) is 11.5 Å². The number of benzene rings is 1. The summed E-state index contributed by atoms with van der Waals surface area (Å²) in [4.78, 5) is 29.4. The van der Waals surface area contributed by atoms with Crippen molar-refractivity contribution in [2.75, 3.05) is 32.8 Å². The summed E-state index contributed by atoms with van der Waals surface area (Å²) >= 11 is 0. The van der Waals surface area contributed by atoms with E-state index >= 15 is 0 Å². The molecule has 0 spiro atoms. The quantitative estimate of drug-likeness (QED) is 0.822. The van der Waals surface area contributed by atoms with Gasteiger partial charge in [0.1, 0.15) is 0 Å². The van der Waals surface area contributed by atoms with Gasteiger partial charge in [-0.3, -0.25) is 4.79 Å². The minimum absolute atomic E-state index is 0.00545. The van der Waals surface area contributed by atoms with E-state index < -0.39 is 0 Å². The zero-order chi connectivity index (χ0) is 21.1. The highest BCUT2D eigenvalue weighted by Crippen LogP contribution is 2.39. The Morgan fingerprint density at radius 2 is 1.73 bits per heavy atom. The van der Waals surface area contributed by atoms with Gasteiger partial charge in [0.25, 0.3) is 0 Å². The Hall–Kier alpha value is -2.44. The normalized spacial score (nSPS) is 22.2. The van der Waals surface area contributed by atoms with Gasteiger partial charge in [0.2, 0.25) is 5.91 Å². The third kappa shape index (κ3) is 4.50. The van der Waals surface area contributed by atoms with Crippen molar-refractivity contribution in [2.24, 2.45) is 5.92 Å². The number of amides is 3. The number of nitrogens with zero attached hydrogens (tertiary/aromatic N) is 2. The molecule has 7 heteroatoms. The fourth-order valence-corrected chi connectivity index (χ4v) is 4.67. The van der Waals surface area contributed by atoms with Crippen molar-refractivity contribution < 1.29 is 19.1 Å². The van der Waals surface area contributed by atoms with Crippen molar-refractivity contribution in [3.05, 3.63) is 23.8 Å². The number of likely N-dealkylation sites (tertiary alicyclic amines) is 2. The lowest BCUT2D eigenvalue weighted by molar-refractivity contribution is -0.137. The zero-order valence-electron chi connectivity index (χ0n) is 18.1. The fourth-order valence-electron chi connectivity index (χ4n) is 4.67. The second kappa shape index (κ2) is 9.14. The number of nitrogens with one attached hydrogen (secondary N) is 1. The van der Waals surface area contributed by atoms with Crippen LogP contribution >= 0.6 is 0 Å². The molecule has 1 atom stereocenters. The van der Waals surface area contributed by atoms with Crippen molar-refractivity contribution >= 4 is 11.9 Å². The highest BCUT2D eigenvalue weighted by molar-refractivity contribution is 5.80. The van der Waals surface area contributed by atoms with Crippen molar-refractivity contribution in [3.8, 4) is 11.5 Å². The Morgan fingerprint density at radius 3 is 2.47 bits per heavy atom. The van der Waals surface area contributed by atoms with E-state index in [0.717, 1.165) is 55.7 Å². The number of hydrogen-bond donors (Lipinski definition) is 1. The number of piperidine rings is 1. The molecule has 0 unspecified atom stereocenters. The lowest BCUT2D eigenvalue weighted by Crippen LogP contribution is -2.48. The second-order valence-electron chi connectivity index (χ2n) is 8.81. The first-order valence-corrected chi connectivity index (χ1v) is 11.3. The summed E-state index contributed by atoms with van der Waals surface area (Å²) in [5.74, 6) is 1.80. The van der Waals surface area contributed by atoms with Gasteiger partial charge < -0.3 is 24.6 Å². The molecular weight excluding hydrogens is 382 g/mol. The van der Waals surface area contributed by atoms with Crippen LogP contribution in [0.1, 0.15) is 57.6 Å². The van der Waals surface area contributed by atoms with Crippen LogP contribution in [-0.2, 0) is 4.79 Å². The van der Waals surface area contributed by atoms with E-state index in [-0.39, 0.29) is 29.9 Å². The van der Waals surface area contributed by atoms with Crippen LogP contribution < -0.4 is 14.8 Å². The summed E-state index contributed by atoms with van der Waals surface area (Å²) in [5, 5.41) is 2.94. The Labute approximate surface area is 178 Å². The van der Waals surface area contributed by atoms with E-state index in [4.69, 9.17) is 9.47 Å². The number of rotatable bonds is 3. The first-order chi connectivity index (χ1) is 14.5. The zero-order valence-corrected chi connectivity index (χ0v) is 18.1. The van der Waals surface area contributed by atoms with E-state index in [2.05, 4.69) is 17.4 Å². The lowest BCUT2D eigenvalue weighted by atomic mass is 9.94. The van der Waals surface area contributed by atoms with Crippen LogP contribution in [0.25, 0.3) is 0 Å². The first kappa shape index (κ1) is 20.8. The maximum absolute atomic E-state index is 13.3. The van der Waals surface area contributed by atoms with Gasteiger partial charge in [-0.15, -0.1) is 0 Å². The lowest BCUT2D eigenvalue weighted by Gasteiger charge is -2.35. The van der Waals surface area contributed by atoms with Crippen molar-refractivity contribution in [1.82, 2.24) is 15.1 Å². The molecule has 3 heterocycles. The number of ether oxygens (including phenoxy) is 2. The van der Waals surface area contributed by atoms with E-state index in [1.807, 2.05) is 29.7 Å². The molecule has 0 saturated carbocycles. The van der Waals surface area contributed by atoms with Crippen molar-refractivity contribution in [1.29, 1.82) is 0 Å². The Balaban J connectivity index is 1.40. The molecule has 7 nitrogen and oxygen atoms in total. The molecule has 4 rings (SSSR count). The molecule has 3 amide bonds. The molecule has 1 N–H and O–H groups in total. The Kier molecular flexibility index (Phi) is 6.35. The first-order valence-electron chi connectivity index (χ1n) is 11.3. The second-order valence-corrected chi connectivity index (χ2v) is 8.81. The minimum Gasteiger partial charge on any atom is -0.490 e. The van der Waals surface area contributed by atoms with Crippen LogP contribution in [0.2, 0.25) is 0 Å². The van der Waals surface area contributed by atoms with Crippen molar-refractivity contribution in [2.45, 2.75) is 58.0 Å². The summed E-state index contributed by atoms with van der Waals surface area (Å²) in [6, 6.07) is 6.29. The van der Waals surface area contributed by atoms with E-state index in [0.29, 0.717) is 26.3 Å². The highest BCUT2D eigenvalue weighted by Gasteiger charge is 2.36. The summed E-state index contributed by atoms with van der Waals surface area (Å²) in [5.41, 5.74) is 1.12. The standard InChI is InChI=1S/C23H33N3O4/c1-16(2)24-23(28)25-11-8-17(9-12-25)22(27)26-10-3-5-19(26)18-6-7-20-21(15-18)30-14-4-13-29-20/h6-7,15-17,19H,3-5,8-14H2,1-2H3,(H,24,28)/t19-/m1/s1. The van der Waals surface area contributed by atoms with Crippen LogP contribution in [0.15, 0.2) is 18.2 Å². The van der Waals surface area contributed by atoms with Gasteiger partial charge in [0.05, 0.1) is 19.3 Å². The topological polar surface area (TPSA) is 71.1 Å². The van der Waals surface area contributed by atoms with Gasteiger partial charge in [-0.2, -0.15) is 0 Å². The van der Waals surface area contributed by atoms with Gasteiger partial charge in [-0.1, -0.05) is 6.07 Å².